The van der Waals surface area contributed by atoms with Crippen LogP contribution >= 0.6 is 0 Å². The van der Waals surface area contributed by atoms with E-state index in [-0.39, 0.29) is 6.42 Å². The van der Waals surface area contributed by atoms with Crippen molar-refractivity contribution in [1.29, 1.82) is 0 Å². The predicted octanol–water partition coefficient (Wildman–Crippen LogP) is -1.56. The van der Waals surface area contributed by atoms with Gasteiger partial charge in [0.25, 0.3) is 0 Å². The van der Waals surface area contributed by atoms with E-state index in [1.807, 2.05) is 0 Å². The lowest BCUT2D eigenvalue weighted by Crippen LogP contribution is -2.67. The van der Waals surface area contributed by atoms with Crippen LogP contribution in [0.5, 0.6) is 0 Å². The highest BCUT2D eigenvalue weighted by atomic mass is 16.3. The van der Waals surface area contributed by atoms with E-state index < -0.39 is 23.6 Å². The van der Waals surface area contributed by atoms with Crippen molar-refractivity contribution in [2.45, 2.75) is 57.2 Å². The van der Waals surface area contributed by atoms with Crippen LogP contribution in [0.4, 0.5) is 0 Å². The van der Waals surface area contributed by atoms with Gasteiger partial charge in [0.05, 0.1) is 12.1 Å². The summed E-state index contributed by atoms with van der Waals surface area (Å²) < 4.78 is 0. The SMILES string of the molecule is CC(O)C(N)C(O)(CCCN)NC(C)(C)O. The van der Waals surface area contributed by atoms with Crippen molar-refractivity contribution in [2.24, 2.45) is 11.5 Å². The van der Waals surface area contributed by atoms with E-state index >= 15 is 0 Å². The zero-order valence-electron chi connectivity index (χ0n) is 10.3. The molecule has 0 fully saturated rings. The molecule has 0 aromatic carbocycles. The molecule has 0 saturated carbocycles. The Bertz CT molecular complexity index is 206. The summed E-state index contributed by atoms with van der Waals surface area (Å²) >= 11 is 0. The van der Waals surface area contributed by atoms with E-state index in [2.05, 4.69) is 5.32 Å². The molecule has 6 heteroatoms. The van der Waals surface area contributed by atoms with Gasteiger partial charge in [0.15, 0.2) is 0 Å². The molecule has 0 amide bonds. The molecule has 0 bridgehead atoms. The van der Waals surface area contributed by atoms with Crippen molar-refractivity contribution < 1.29 is 15.3 Å². The second-order valence-corrected chi connectivity index (χ2v) is 4.77. The lowest BCUT2D eigenvalue weighted by atomic mass is 9.93. The molecule has 0 saturated heterocycles. The van der Waals surface area contributed by atoms with Crippen molar-refractivity contribution in [3.05, 3.63) is 0 Å². The van der Waals surface area contributed by atoms with Gasteiger partial charge < -0.3 is 26.8 Å². The molecule has 0 rings (SSSR count). The van der Waals surface area contributed by atoms with Crippen molar-refractivity contribution >= 4 is 0 Å². The maximum Gasteiger partial charge on any atom is 0.135 e. The lowest BCUT2D eigenvalue weighted by molar-refractivity contribution is -0.119. The molecule has 0 aliphatic carbocycles. The van der Waals surface area contributed by atoms with Crippen LogP contribution in [0.3, 0.4) is 0 Å². The van der Waals surface area contributed by atoms with Gasteiger partial charge >= 0.3 is 0 Å². The van der Waals surface area contributed by atoms with Gasteiger partial charge in [-0.3, -0.25) is 5.32 Å². The minimum absolute atomic E-state index is 0.263. The molecule has 0 spiro atoms. The largest absolute Gasteiger partial charge is 0.392 e. The highest BCUT2D eigenvalue weighted by Gasteiger charge is 2.39. The molecule has 0 radical (unpaired) electrons. The number of hydrogen-bond acceptors (Lipinski definition) is 6. The minimum atomic E-state index is -1.54. The average molecular weight is 235 g/mol. The van der Waals surface area contributed by atoms with Gasteiger partial charge in [-0.1, -0.05) is 0 Å². The van der Waals surface area contributed by atoms with Crippen LogP contribution in [0.1, 0.15) is 33.6 Å². The van der Waals surface area contributed by atoms with E-state index in [0.717, 1.165) is 0 Å². The summed E-state index contributed by atoms with van der Waals surface area (Å²) in [6.45, 7) is 4.89. The summed E-state index contributed by atoms with van der Waals surface area (Å²) in [6, 6.07) is -0.898. The monoisotopic (exact) mass is 235 g/mol. The first kappa shape index (κ1) is 15.8. The molecular formula is C10H25N3O3. The van der Waals surface area contributed by atoms with E-state index in [1.54, 1.807) is 0 Å². The number of rotatable bonds is 7. The van der Waals surface area contributed by atoms with Crippen LogP contribution in [0.15, 0.2) is 0 Å². The highest BCUT2D eigenvalue weighted by molar-refractivity contribution is 4.92. The van der Waals surface area contributed by atoms with Crippen LogP contribution in [-0.4, -0.2) is 45.5 Å². The van der Waals surface area contributed by atoms with E-state index in [0.29, 0.717) is 13.0 Å². The van der Waals surface area contributed by atoms with Gasteiger partial charge in [-0.15, -0.1) is 0 Å². The fraction of sp³-hybridized carbons (Fsp3) is 1.00. The zero-order valence-corrected chi connectivity index (χ0v) is 10.3. The third-order valence-corrected chi connectivity index (χ3v) is 2.36. The summed E-state index contributed by atoms with van der Waals surface area (Å²) in [6.07, 6.45) is -0.0860. The van der Waals surface area contributed by atoms with Crippen LogP contribution in [0.2, 0.25) is 0 Å². The van der Waals surface area contributed by atoms with Crippen LogP contribution in [0, 0.1) is 0 Å². The second kappa shape index (κ2) is 5.90. The molecule has 0 aromatic rings. The second-order valence-electron chi connectivity index (χ2n) is 4.77. The summed E-state index contributed by atoms with van der Waals surface area (Å²) in [4.78, 5) is 0. The van der Waals surface area contributed by atoms with E-state index in [1.165, 1.54) is 20.8 Å². The first-order valence-electron chi connectivity index (χ1n) is 5.50. The van der Waals surface area contributed by atoms with Gasteiger partial charge in [0.1, 0.15) is 11.4 Å². The molecule has 0 aromatic heterocycles. The normalized spacial score (nSPS) is 20.2. The number of nitrogens with one attached hydrogen (secondary N) is 1. The van der Waals surface area contributed by atoms with Gasteiger partial charge in [0, 0.05) is 0 Å². The maximum atomic E-state index is 10.3. The number of nitrogens with two attached hydrogens (primary N) is 2. The zero-order chi connectivity index (χ0) is 13.0. The number of aliphatic hydroxyl groups is 3. The molecule has 16 heavy (non-hydrogen) atoms. The van der Waals surface area contributed by atoms with Crippen molar-refractivity contribution in [3.8, 4) is 0 Å². The van der Waals surface area contributed by atoms with E-state index in [4.69, 9.17) is 11.5 Å². The van der Waals surface area contributed by atoms with E-state index in [9.17, 15) is 15.3 Å². The fourth-order valence-corrected chi connectivity index (χ4v) is 1.61. The molecule has 0 aliphatic rings. The van der Waals surface area contributed by atoms with Gasteiger partial charge in [-0.2, -0.15) is 0 Å². The molecule has 3 unspecified atom stereocenters. The average Bonchev–Trinajstić information content (AvgIpc) is 2.10. The Morgan fingerprint density at radius 3 is 2.12 bits per heavy atom. The Morgan fingerprint density at radius 2 is 1.81 bits per heavy atom. The van der Waals surface area contributed by atoms with Gasteiger partial charge in [-0.25, -0.2) is 0 Å². The van der Waals surface area contributed by atoms with Crippen LogP contribution in [0.25, 0.3) is 0 Å². The molecule has 98 valence electrons. The number of hydrogen-bond donors (Lipinski definition) is 6. The molecule has 6 nitrogen and oxygen atoms in total. The first-order chi connectivity index (χ1) is 7.12. The Labute approximate surface area is 96.6 Å². The summed E-state index contributed by atoms with van der Waals surface area (Å²) in [5, 5.41) is 32.0. The smallest absolute Gasteiger partial charge is 0.135 e. The fourth-order valence-electron chi connectivity index (χ4n) is 1.61. The standard InChI is InChI=1S/C10H25N3O3/c1-7(14)8(12)10(16,5-4-6-11)13-9(2,3)15/h7-8,13-16H,4-6,11-12H2,1-3H3. The predicted molar refractivity (Wildman–Crippen MR) is 62.3 cm³/mol. The summed E-state index contributed by atoms with van der Waals surface area (Å²) in [5.41, 5.74) is 8.28. The van der Waals surface area contributed by atoms with Crippen molar-refractivity contribution in [2.75, 3.05) is 6.54 Å². The maximum absolute atomic E-state index is 10.3. The summed E-state index contributed by atoms with van der Waals surface area (Å²) in [5.74, 6) is 0. The van der Waals surface area contributed by atoms with Gasteiger partial charge in [0.2, 0.25) is 0 Å². The highest BCUT2D eigenvalue weighted by Crippen LogP contribution is 2.18. The Kier molecular flexibility index (Phi) is 5.81. The van der Waals surface area contributed by atoms with Crippen molar-refractivity contribution in [3.63, 3.8) is 0 Å². The number of aliphatic hydroxyl groups excluding tert-OH is 1. The van der Waals surface area contributed by atoms with Gasteiger partial charge in [-0.05, 0) is 40.2 Å². The third-order valence-electron chi connectivity index (χ3n) is 2.36. The topological polar surface area (TPSA) is 125 Å². The lowest BCUT2D eigenvalue weighted by Gasteiger charge is -2.40. The van der Waals surface area contributed by atoms with Crippen LogP contribution in [-0.2, 0) is 0 Å². The third kappa shape index (κ3) is 5.20. The summed E-state index contributed by atoms with van der Waals surface area (Å²) in [7, 11) is 0. The molecule has 0 heterocycles. The van der Waals surface area contributed by atoms with Crippen LogP contribution < -0.4 is 16.8 Å². The molecule has 3 atom stereocenters. The molecular weight excluding hydrogens is 210 g/mol. The first-order valence-corrected chi connectivity index (χ1v) is 5.50. The quantitative estimate of drug-likeness (QED) is 0.296. The van der Waals surface area contributed by atoms with Crippen molar-refractivity contribution in [1.82, 2.24) is 5.32 Å². The Morgan fingerprint density at radius 1 is 1.31 bits per heavy atom. The minimum Gasteiger partial charge on any atom is -0.392 e. The Hall–Kier alpha value is -0.240. The molecule has 0 aliphatic heterocycles. The molecule has 8 N–H and O–H groups in total. The Balaban J connectivity index is 4.73.